The van der Waals surface area contributed by atoms with Crippen LogP contribution in [0, 0.1) is 0 Å². The number of aliphatic hydroxyl groups is 5. The molecule has 0 unspecified atom stereocenters. The summed E-state index contributed by atoms with van der Waals surface area (Å²) in [5, 5.41) is 59.1. The van der Waals surface area contributed by atoms with Gasteiger partial charge in [0.1, 0.15) is 42.7 Å². The van der Waals surface area contributed by atoms with Crippen molar-refractivity contribution in [2.45, 2.75) is 61.3 Å². The molecule has 0 aromatic heterocycles. The highest BCUT2D eigenvalue weighted by Gasteiger charge is 2.53. The first kappa shape index (κ1) is 27.1. The van der Waals surface area contributed by atoms with E-state index in [2.05, 4.69) is 4.18 Å². The minimum atomic E-state index is -5.10. The van der Waals surface area contributed by atoms with Gasteiger partial charge in [0.2, 0.25) is 0 Å². The summed E-state index contributed by atoms with van der Waals surface area (Å²) < 4.78 is 81.8. The highest BCUT2D eigenvalue weighted by molar-refractivity contribution is 7.83. The zero-order chi connectivity index (χ0) is 24.6. The van der Waals surface area contributed by atoms with Gasteiger partial charge in [0, 0.05) is 0 Å². The monoisotopic (exact) mass is 515 g/mol. The van der Waals surface area contributed by atoms with E-state index in [1.807, 2.05) is 0 Å². The maximum atomic E-state index is 11.2. The van der Waals surface area contributed by atoms with Crippen molar-refractivity contribution in [1.29, 1.82) is 0 Å². The van der Waals surface area contributed by atoms with E-state index >= 15 is 0 Å². The lowest BCUT2D eigenvalue weighted by Crippen LogP contribution is -2.68. The van der Waals surface area contributed by atoms with Gasteiger partial charge in [-0.05, 0) is 0 Å². The average molecular weight is 515 g/mol. The molecule has 0 aliphatic carbocycles. The van der Waals surface area contributed by atoms with Crippen LogP contribution in [-0.2, 0) is 43.9 Å². The van der Waals surface area contributed by atoms with E-state index in [0.29, 0.717) is 0 Å². The highest BCUT2D eigenvalue weighted by atomic mass is 32.3. The van der Waals surface area contributed by atoms with Gasteiger partial charge in [0.05, 0.1) is 6.61 Å². The number of hydrogen-bond donors (Lipinski definition) is 9. The molecule has 32 heavy (non-hydrogen) atoms. The summed E-state index contributed by atoms with van der Waals surface area (Å²) in [6, 6.07) is -2.06. The fourth-order valence-electron chi connectivity index (χ4n) is 3.00. The third kappa shape index (κ3) is 6.71. The van der Waals surface area contributed by atoms with E-state index < -0.39 is 94.6 Å². The zero-order valence-corrected chi connectivity index (χ0v) is 17.2. The van der Waals surface area contributed by atoms with Gasteiger partial charge in [-0.25, -0.2) is 8.98 Å². The molecule has 188 valence electrons. The third-order valence-corrected chi connectivity index (χ3v) is 5.47. The molecule has 10 atom stereocenters. The molecule has 0 saturated carbocycles. The molecule has 0 amide bonds. The summed E-state index contributed by atoms with van der Waals surface area (Å²) in [6.07, 6.45) is -19.0. The second-order valence-corrected chi connectivity index (χ2v) is 9.00. The van der Waals surface area contributed by atoms with E-state index in [1.54, 1.807) is 0 Å². The van der Waals surface area contributed by atoms with Gasteiger partial charge >= 0.3 is 26.7 Å². The van der Waals surface area contributed by atoms with E-state index in [1.165, 1.54) is 4.72 Å². The van der Waals surface area contributed by atoms with Crippen molar-refractivity contribution in [3.05, 3.63) is 0 Å². The Hall–Kier alpha value is -1.11. The number of nitrogens with one attached hydrogen (secondary N) is 1. The molecule has 0 radical (unpaired) electrons. The van der Waals surface area contributed by atoms with Gasteiger partial charge in [-0.3, -0.25) is 9.11 Å². The number of rotatable bonds is 8. The van der Waals surface area contributed by atoms with Crippen molar-refractivity contribution in [3.63, 3.8) is 0 Å². The summed E-state index contributed by atoms with van der Waals surface area (Å²) in [7, 11) is -10.1. The number of aliphatic hydroxyl groups excluding tert-OH is 5. The Balaban J connectivity index is 2.32. The lowest BCUT2D eigenvalue weighted by Gasteiger charge is -2.45. The summed E-state index contributed by atoms with van der Waals surface area (Å²) >= 11 is 0. The number of aliphatic carboxylic acids is 1. The molecule has 0 aromatic carbocycles. The Morgan fingerprint density at radius 2 is 1.50 bits per heavy atom. The Bertz CT molecular complexity index is 878. The smallest absolute Gasteiger partial charge is 0.397 e. The second-order valence-electron chi connectivity index (χ2n) is 6.72. The van der Waals surface area contributed by atoms with Gasteiger partial charge in [0.15, 0.2) is 18.7 Å². The maximum absolute atomic E-state index is 11.2. The molecule has 2 aliphatic rings. The number of hydrogen-bond acceptors (Lipinski definition) is 14. The molecular weight excluding hydrogens is 494 g/mol. The maximum Gasteiger partial charge on any atom is 0.397 e. The minimum absolute atomic E-state index is 1.14. The molecule has 20 heteroatoms. The minimum Gasteiger partial charge on any atom is -0.479 e. The topological polar surface area (TPSA) is 296 Å². The van der Waals surface area contributed by atoms with Crippen LogP contribution in [0.3, 0.4) is 0 Å². The van der Waals surface area contributed by atoms with Gasteiger partial charge in [0.25, 0.3) is 0 Å². The largest absolute Gasteiger partial charge is 0.479 e. The number of carboxylic acid groups (broad SMARTS) is 1. The first-order chi connectivity index (χ1) is 14.5. The third-order valence-electron chi connectivity index (χ3n) is 4.46. The molecule has 2 saturated heterocycles. The fraction of sp³-hybridized carbons (Fsp3) is 0.917. The van der Waals surface area contributed by atoms with Crippen LogP contribution in [-0.4, -0.2) is 131 Å². The number of ether oxygens (including phenoxy) is 3. The zero-order valence-electron chi connectivity index (χ0n) is 15.5. The van der Waals surface area contributed by atoms with Crippen molar-refractivity contribution in [2.75, 3.05) is 6.61 Å². The molecule has 9 N–H and O–H groups in total. The van der Waals surface area contributed by atoms with Gasteiger partial charge in [-0.1, -0.05) is 0 Å². The van der Waals surface area contributed by atoms with Gasteiger partial charge in [-0.15, -0.1) is 0 Å². The SMILES string of the molecule is O=C(O)[C@H]1O[C@@H](O[C@H]2[C@H](O)[C@@H](COS(=O)(=O)O)O[C@@H](O)[C@@H]2NS(=O)(=O)O)[C@H](O)[C@@H](O)[C@@H]1O. The first-order valence-corrected chi connectivity index (χ1v) is 11.3. The normalized spacial score (nSPS) is 41.3. The Morgan fingerprint density at radius 3 is 2.00 bits per heavy atom. The number of carbonyl (C=O) groups is 1. The van der Waals surface area contributed by atoms with E-state index in [-0.39, 0.29) is 0 Å². The highest BCUT2D eigenvalue weighted by Crippen LogP contribution is 2.29. The molecule has 2 rings (SSSR count). The molecule has 18 nitrogen and oxygen atoms in total. The van der Waals surface area contributed by atoms with Crippen molar-refractivity contribution in [1.82, 2.24) is 4.72 Å². The summed E-state index contributed by atoms with van der Waals surface area (Å²) in [5.41, 5.74) is 0. The molecule has 2 fully saturated rings. The lowest BCUT2D eigenvalue weighted by molar-refractivity contribution is -0.335. The van der Waals surface area contributed by atoms with Crippen molar-refractivity contribution < 1.29 is 79.8 Å². The van der Waals surface area contributed by atoms with Crippen molar-refractivity contribution >= 4 is 26.7 Å². The van der Waals surface area contributed by atoms with Crippen LogP contribution in [0.5, 0.6) is 0 Å². The van der Waals surface area contributed by atoms with Gasteiger partial charge < -0.3 is 44.8 Å². The van der Waals surface area contributed by atoms with Crippen LogP contribution < -0.4 is 4.72 Å². The molecule has 0 aromatic rings. The predicted octanol–water partition coefficient (Wildman–Crippen LogP) is -6.08. The molecule has 0 bridgehead atoms. The van der Waals surface area contributed by atoms with E-state index in [0.717, 1.165) is 0 Å². The van der Waals surface area contributed by atoms with Crippen molar-refractivity contribution in [3.8, 4) is 0 Å². The second kappa shape index (κ2) is 10.0. The standard InChI is InChI=1S/C12H21NO17S2/c14-4-2(1-27-32(24,25)26)28-11(20)3(13-31(21,22)23)8(4)29-12-7(17)5(15)6(16)9(30-12)10(18)19/h2-9,11-17,20H,1H2,(H,18,19)(H,21,22,23)(H,24,25,26)/t2-,3-,4-,5+,6+,7-,8-,9+,11-,12-/m1/s1. The molecule has 2 aliphatic heterocycles. The predicted molar refractivity (Wildman–Crippen MR) is 92.0 cm³/mol. The summed E-state index contributed by atoms with van der Waals surface area (Å²) in [4.78, 5) is 11.2. The Kier molecular flexibility index (Phi) is 8.50. The molecule has 0 spiro atoms. The number of carboxylic acids is 1. The van der Waals surface area contributed by atoms with Crippen LogP contribution in [0.25, 0.3) is 0 Å². The molecular formula is C12H21NO17S2. The fourth-order valence-corrected chi connectivity index (χ4v) is 3.90. The van der Waals surface area contributed by atoms with Crippen molar-refractivity contribution in [2.24, 2.45) is 0 Å². The lowest BCUT2D eigenvalue weighted by atomic mass is 9.96. The summed E-state index contributed by atoms with van der Waals surface area (Å²) in [6.45, 7) is -1.14. The molecule has 2 heterocycles. The quantitative estimate of drug-likeness (QED) is 0.136. The van der Waals surface area contributed by atoms with Crippen LogP contribution >= 0.6 is 0 Å². The van der Waals surface area contributed by atoms with Crippen LogP contribution in [0.1, 0.15) is 0 Å². The Morgan fingerprint density at radius 1 is 0.906 bits per heavy atom. The van der Waals surface area contributed by atoms with Gasteiger partial charge in [-0.2, -0.15) is 21.6 Å². The van der Waals surface area contributed by atoms with Crippen LogP contribution in [0.15, 0.2) is 0 Å². The van der Waals surface area contributed by atoms with Crippen LogP contribution in [0.2, 0.25) is 0 Å². The van der Waals surface area contributed by atoms with E-state index in [4.69, 9.17) is 28.4 Å². The first-order valence-electron chi connectivity index (χ1n) is 8.48. The Labute approximate surface area is 179 Å². The van der Waals surface area contributed by atoms with E-state index in [9.17, 15) is 47.2 Å². The average Bonchev–Trinajstić information content (AvgIpc) is 2.64. The van der Waals surface area contributed by atoms with Crippen LogP contribution in [0.4, 0.5) is 0 Å². The summed E-state index contributed by atoms with van der Waals surface area (Å²) in [5.74, 6) is -1.79.